The van der Waals surface area contributed by atoms with Crippen LogP contribution in [0.4, 0.5) is 0 Å². The van der Waals surface area contributed by atoms with Crippen LogP contribution in [0.2, 0.25) is 0 Å². The second-order valence-electron chi connectivity index (χ2n) is 1.47. The summed E-state index contributed by atoms with van der Waals surface area (Å²) in [6, 6.07) is 0. The van der Waals surface area contributed by atoms with Crippen molar-refractivity contribution in [3.05, 3.63) is 0 Å². The highest BCUT2D eigenvalue weighted by atomic mass is 32.3. The third-order valence-electron chi connectivity index (χ3n) is 0.674. The average molecular weight is 167 g/mol. The summed E-state index contributed by atoms with van der Waals surface area (Å²) in [4.78, 5) is 3.57. The summed E-state index contributed by atoms with van der Waals surface area (Å²) in [5.41, 5.74) is 0. The second kappa shape index (κ2) is 3.22. The van der Waals surface area contributed by atoms with Gasteiger partial charge in [0.1, 0.15) is 0 Å². The van der Waals surface area contributed by atoms with Crippen molar-refractivity contribution in [2.24, 2.45) is 4.99 Å². The van der Waals surface area contributed by atoms with Gasteiger partial charge in [0.15, 0.2) is 14.2 Å². The SMILES string of the molecule is CN=C(SC)S(C)(=O)=O. The van der Waals surface area contributed by atoms with Crippen LogP contribution in [0.15, 0.2) is 4.99 Å². The predicted octanol–water partition coefficient (Wildman–Crippen LogP) is 0.380. The van der Waals surface area contributed by atoms with Crippen molar-refractivity contribution in [3.63, 3.8) is 0 Å². The minimum atomic E-state index is -3.05. The quantitative estimate of drug-likeness (QED) is 0.387. The number of aliphatic imine (C=N–C) groups is 1. The van der Waals surface area contributed by atoms with Crippen LogP contribution in [0.1, 0.15) is 0 Å². The highest BCUT2D eigenvalue weighted by molar-refractivity contribution is 8.34. The average Bonchev–Trinajstić information content (AvgIpc) is 1.65. The van der Waals surface area contributed by atoms with Crippen LogP contribution in [0.3, 0.4) is 0 Å². The van der Waals surface area contributed by atoms with Crippen LogP contribution in [-0.2, 0) is 9.84 Å². The first-order valence-electron chi connectivity index (χ1n) is 2.23. The molecule has 54 valence electrons. The molecule has 0 saturated heterocycles. The fraction of sp³-hybridized carbons (Fsp3) is 0.750. The van der Waals surface area contributed by atoms with E-state index < -0.39 is 9.84 Å². The number of thioether (sulfide) groups is 1. The first-order chi connectivity index (χ1) is 4.02. The fourth-order valence-corrected chi connectivity index (χ4v) is 2.13. The number of sulfone groups is 1. The Balaban J connectivity index is 4.56. The molecule has 0 aliphatic heterocycles. The van der Waals surface area contributed by atoms with Crippen molar-refractivity contribution in [1.82, 2.24) is 0 Å². The molecule has 0 N–H and O–H groups in total. The zero-order valence-corrected chi connectivity index (χ0v) is 7.21. The van der Waals surface area contributed by atoms with Gasteiger partial charge in [0.25, 0.3) is 0 Å². The van der Waals surface area contributed by atoms with Crippen LogP contribution in [0.25, 0.3) is 0 Å². The van der Waals surface area contributed by atoms with Crippen LogP contribution < -0.4 is 0 Å². The zero-order valence-electron chi connectivity index (χ0n) is 5.58. The molecule has 0 spiro atoms. The van der Waals surface area contributed by atoms with E-state index in [0.717, 1.165) is 18.0 Å². The lowest BCUT2D eigenvalue weighted by Gasteiger charge is -1.94. The summed E-state index contributed by atoms with van der Waals surface area (Å²) in [5, 5.41) is 0. The van der Waals surface area contributed by atoms with Crippen LogP contribution >= 0.6 is 11.8 Å². The summed E-state index contributed by atoms with van der Waals surface area (Å²) in [7, 11) is -1.59. The molecule has 0 aliphatic carbocycles. The molecule has 0 amide bonds. The number of rotatable bonds is 0. The van der Waals surface area contributed by atoms with Gasteiger partial charge in [-0.3, -0.25) is 4.99 Å². The van der Waals surface area contributed by atoms with Crippen molar-refractivity contribution < 1.29 is 8.42 Å². The molecule has 0 saturated carbocycles. The summed E-state index contributed by atoms with van der Waals surface area (Å²) >= 11 is 1.14. The van der Waals surface area contributed by atoms with Crippen molar-refractivity contribution >= 4 is 26.0 Å². The molecule has 3 nitrogen and oxygen atoms in total. The van der Waals surface area contributed by atoms with Gasteiger partial charge in [-0.15, -0.1) is 0 Å². The van der Waals surface area contributed by atoms with Gasteiger partial charge in [0.05, 0.1) is 0 Å². The highest BCUT2D eigenvalue weighted by Crippen LogP contribution is 2.03. The van der Waals surface area contributed by atoms with E-state index in [1.807, 2.05) is 0 Å². The fourth-order valence-electron chi connectivity index (χ4n) is 0.408. The molecule has 0 atom stereocenters. The van der Waals surface area contributed by atoms with Gasteiger partial charge in [0.2, 0.25) is 0 Å². The maximum absolute atomic E-state index is 10.6. The van der Waals surface area contributed by atoms with Crippen molar-refractivity contribution in [2.45, 2.75) is 0 Å². The maximum atomic E-state index is 10.6. The molecule has 0 heterocycles. The minimum Gasteiger partial charge on any atom is -0.271 e. The first kappa shape index (κ1) is 8.97. The van der Waals surface area contributed by atoms with E-state index >= 15 is 0 Å². The van der Waals surface area contributed by atoms with Crippen LogP contribution in [0.5, 0.6) is 0 Å². The molecule has 0 aromatic heterocycles. The molecule has 0 aromatic rings. The molecule has 0 bridgehead atoms. The molecule has 5 heteroatoms. The van der Waals surface area contributed by atoms with E-state index in [4.69, 9.17) is 0 Å². The number of hydrogen-bond acceptors (Lipinski definition) is 4. The van der Waals surface area contributed by atoms with E-state index in [-0.39, 0.29) is 4.38 Å². The normalized spacial score (nSPS) is 13.9. The zero-order chi connectivity index (χ0) is 7.49. The van der Waals surface area contributed by atoms with E-state index in [9.17, 15) is 8.42 Å². The predicted molar refractivity (Wildman–Crippen MR) is 41.7 cm³/mol. The van der Waals surface area contributed by atoms with Crippen molar-refractivity contribution in [3.8, 4) is 0 Å². The van der Waals surface area contributed by atoms with Gasteiger partial charge < -0.3 is 0 Å². The molecule has 0 rings (SSSR count). The summed E-state index contributed by atoms with van der Waals surface area (Å²) in [5.74, 6) is 0. The van der Waals surface area contributed by atoms with E-state index in [2.05, 4.69) is 4.99 Å². The Morgan fingerprint density at radius 1 is 1.56 bits per heavy atom. The molecule has 0 aromatic carbocycles. The van der Waals surface area contributed by atoms with Gasteiger partial charge in [0, 0.05) is 13.3 Å². The Morgan fingerprint density at radius 2 is 2.00 bits per heavy atom. The molecular formula is C4H9NO2S2. The monoisotopic (exact) mass is 167 g/mol. The lowest BCUT2D eigenvalue weighted by atomic mass is 11.4. The Morgan fingerprint density at radius 3 is 2.00 bits per heavy atom. The second-order valence-corrected chi connectivity index (χ2v) is 4.45. The Hall–Kier alpha value is -0.0300. The lowest BCUT2D eigenvalue weighted by molar-refractivity contribution is 0.613. The van der Waals surface area contributed by atoms with Gasteiger partial charge in [-0.25, -0.2) is 8.42 Å². The maximum Gasteiger partial charge on any atom is 0.198 e. The largest absolute Gasteiger partial charge is 0.271 e. The third-order valence-corrected chi connectivity index (χ3v) is 3.43. The van der Waals surface area contributed by atoms with E-state index in [1.165, 1.54) is 7.05 Å². The lowest BCUT2D eigenvalue weighted by Crippen LogP contribution is -2.07. The number of hydrogen-bond donors (Lipinski definition) is 0. The smallest absolute Gasteiger partial charge is 0.198 e. The molecule has 0 fully saturated rings. The number of nitrogens with zero attached hydrogens (tertiary/aromatic N) is 1. The molecule has 0 aliphatic rings. The summed E-state index contributed by atoms with van der Waals surface area (Å²) < 4.78 is 21.5. The van der Waals surface area contributed by atoms with Crippen molar-refractivity contribution in [2.75, 3.05) is 19.6 Å². The van der Waals surface area contributed by atoms with Gasteiger partial charge in [-0.2, -0.15) is 0 Å². The topological polar surface area (TPSA) is 46.5 Å². The summed E-state index contributed by atoms with van der Waals surface area (Å²) in [6.07, 6.45) is 2.83. The van der Waals surface area contributed by atoms with E-state index in [0.29, 0.717) is 0 Å². The van der Waals surface area contributed by atoms with Gasteiger partial charge in [-0.1, -0.05) is 11.8 Å². The Labute approximate surface area is 59.5 Å². The van der Waals surface area contributed by atoms with Crippen LogP contribution in [-0.4, -0.2) is 32.4 Å². The Kier molecular flexibility index (Phi) is 3.21. The van der Waals surface area contributed by atoms with E-state index in [1.54, 1.807) is 6.26 Å². The minimum absolute atomic E-state index is 0.183. The third kappa shape index (κ3) is 2.86. The Bertz CT molecular complexity index is 205. The standard InChI is InChI=1S/C4H9NO2S2/c1-5-4(8-2)9(3,6)7/h1-3H3. The molecule has 0 unspecified atom stereocenters. The molecule has 0 radical (unpaired) electrons. The van der Waals surface area contributed by atoms with Gasteiger partial charge in [-0.05, 0) is 6.26 Å². The van der Waals surface area contributed by atoms with Gasteiger partial charge >= 0.3 is 0 Å². The highest BCUT2D eigenvalue weighted by Gasteiger charge is 2.09. The first-order valence-corrected chi connectivity index (χ1v) is 5.35. The summed E-state index contributed by atoms with van der Waals surface area (Å²) in [6.45, 7) is 0. The molecular weight excluding hydrogens is 158 g/mol. The molecule has 9 heavy (non-hydrogen) atoms. The van der Waals surface area contributed by atoms with Crippen LogP contribution in [0, 0.1) is 0 Å². The van der Waals surface area contributed by atoms with Crippen molar-refractivity contribution in [1.29, 1.82) is 0 Å².